The lowest BCUT2D eigenvalue weighted by molar-refractivity contribution is 0.0297. The number of methoxy groups -OCH3 is 1. The van der Waals surface area contributed by atoms with E-state index in [9.17, 15) is 10.2 Å². The summed E-state index contributed by atoms with van der Waals surface area (Å²) in [5.74, 6) is 0.774. The van der Waals surface area contributed by atoms with E-state index in [0.717, 1.165) is 16.9 Å². The number of aromatic nitrogens is 2. The van der Waals surface area contributed by atoms with Gasteiger partial charge in [0.2, 0.25) is 0 Å². The van der Waals surface area contributed by atoms with Crippen LogP contribution in [-0.4, -0.2) is 45.5 Å². The Morgan fingerprint density at radius 1 is 1.26 bits per heavy atom. The number of aliphatic hydroxyl groups excluding tert-OH is 2. The Bertz CT molecular complexity index is 638. The zero-order valence-electron chi connectivity index (χ0n) is 13.0. The van der Waals surface area contributed by atoms with E-state index in [4.69, 9.17) is 4.74 Å². The zero-order chi connectivity index (χ0) is 16.2. The Balaban J connectivity index is 1.73. The van der Waals surface area contributed by atoms with E-state index in [1.807, 2.05) is 24.3 Å². The van der Waals surface area contributed by atoms with Crippen molar-refractivity contribution in [3.8, 4) is 5.75 Å². The lowest BCUT2D eigenvalue weighted by atomic mass is 9.96. The van der Waals surface area contributed by atoms with Crippen LogP contribution in [0.4, 0.5) is 0 Å². The van der Waals surface area contributed by atoms with Crippen molar-refractivity contribution in [1.82, 2.24) is 15.3 Å². The predicted molar refractivity (Wildman–Crippen MR) is 85.0 cm³/mol. The molecule has 6 nitrogen and oxygen atoms in total. The second kappa shape index (κ2) is 7.04. The number of nitrogens with zero attached hydrogens (tertiary/aromatic N) is 2. The summed E-state index contributed by atoms with van der Waals surface area (Å²) in [4.78, 5) is 8.07. The molecule has 3 N–H and O–H groups in total. The Kier molecular flexibility index (Phi) is 4.85. The normalized spacial score (nSPS) is 27.1. The van der Waals surface area contributed by atoms with Crippen molar-refractivity contribution in [3.63, 3.8) is 0 Å². The van der Waals surface area contributed by atoms with Crippen LogP contribution in [0.15, 0.2) is 43.0 Å². The molecule has 0 saturated heterocycles. The SMILES string of the molecule is COc1cccc(CN[C@H]2[C@H](O)[C@H](O)C[C@@H]2c2cncnc2)c1. The molecule has 0 radical (unpaired) electrons. The largest absolute Gasteiger partial charge is 0.497 e. The number of ether oxygens (including phenoxy) is 1. The molecular weight excluding hydrogens is 294 g/mol. The topological polar surface area (TPSA) is 87.5 Å². The van der Waals surface area contributed by atoms with Crippen molar-refractivity contribution < 1.29 is 14.9 Å². The third-order valence-electron chi connectivity index (χ3n) is 4.38. The fraction of sp³-hybridized carbons (Fsp3) is 0.412. The summed E-state index contributed by atoms with van der Waals surface area (Å²) < 4.78 is 5.22. The second-order valence-corrected chi connectivity index (χ2v) is 5.83. The van der Waals surface area contributed by atoms with Crippen molar-refractivity contribution in [2.24, 2.45) is 0 Å². The number of aliphatic hydroxyl groups is 2. The molecule has 23 heavy (non-hydrogen) atoms. The van der Waals surface area contributed by atoms with E-state index in [1.54, 1.807) is 19.5 Å². The molecular formula is C17H21N3O3. The molecule has 3 rings (SSSR count). The smallest absolute Gasteiger partial charge is 0.119 e. The van der Waals surface area contributed by atoms with Gasteiger partial charge >= 0.3 is 0 Å². The van der Waals surface area contributed by atoms with Gasteiger partial charge in [0.1, 0.15) is 12.1 Å². The molecule has 6 heteroatoms. The first-order valence-electron chi connectivity index (χ1n) is 7.66. The molecule has 0 amide bonds. The molecule has 2 aromatic rings. The van der Waals surface area contributed by atoms with Gasteiger partial charge in [-0.1, -0.05) is 12.1 Å². The molecule has 0 unspecified atom stereocenters. The summed E-state index contributed by atoms with van der Waals surface area (Å²) >= 11 is 0. The number of nitrogens with one attached hydrogen (secondary N) is 1. The summed E-state index contributed by atoms with van der Waals surface area (Å²) in [6, 6.07) is 7.52. The molecule has 1 aliphatic carbocycles. The first kappa shape index (κ1) is 15.9. The van der Waals surface area contributed by atoms with Crippen LogP contribution in [0.1, 0.15) is 23.5 Å². The van der Waals surface area contributed by atoms with Crippen molar-refractivity contribution in [3.05, 3.63) is 54.1 Å². The zero-order valence-corrected chi connectivity index (χ0v) is 13.0. The van der Waals surface area contributed by atoms with Gasteiger partial charge < -0.3 is 20.3 Å². The van der Waals surface area contributed by atoms with Crippen LogP contribution in [0.3, 0.4) is 0 Å². The maximum absolute atomic E-state index is 10.3. The van der Waals surface area contributed by atoms with E-state index in [0.29, 0.717) is 13.0 Å². The van der Waals surface area contributed by atoms with Gasteiger partial charge in [-0.05, 0) is 29.7 Å². The highest BCUT2D eigenvalue weighted by molar-refractivity contribution is 5.28. The monoisotopic (exact) mass is 315 g/mol. The Labute approximate surface area is 135 Å². The van der Waals surface area contributed by atoms with E-state index < -0.39 is 12.2 Å². The molecule has 1 heterocycles. The van der Waals surface area contributed by atoms with Crippen LogP contribution in [0.2, 0.25) is 0 Å². The maximum Gasteiger partial charge on any atom is 0.119 e. The van der Waals surface area contributed by atoms with Gasteiger partial charge in [0.15, 0.2) is 0 Å². The van der Waals surface area contributed by atoms with Gasteiger partial charge in [-0.2, -0.15) is 0 Å². The molecule has 1 aliphatic rings. The first-order valence-corrected chi connectivity index (χ1v) is 7.66. The fourth-order valence-electron chi connectivity index (χ4n) is 3.15. The standard InChI is InChI=1S/C17H21N3O3/c1-23-13-4-2-3-11(5-13)7-20-16-14(6-15(21)17(16)22)12-8-18-10-19-9-12/h2-5,8-10,14-17,20-22H,6-7H2,1H3/t14-,15-,16-,17-/m1/s1. The maximum atomic E-state index is 10.3. The van der Waals surface area contributed by atoms with Crippen molar-refractivity contribution in [2.45, 2.75) is 37.1 Å². The van der Waals surface area contributed by atoms with Gasteiger partial charge in [-0.15, -0.1) is 0 Å². The predicted octanol–water partition coefficient (Wildman–Crippen LogP) is 0.853. The number of hydrogen-bond donors (Lipinski definition) is 3. The average molecular weight is 315 g/mol. The molecule has 1 aromatic heterocycles. The minimum absolute atomic E-state index is 0.0215. The summed E-state index contributed by atoms with van der Waals surface area (Å²) in [5.41, 5.74) is 1.98. The summed E-state index contributed by atoms with van der Waals surface area (Å²) in [6.45, 7) is 0.579. The van der Waals surface area contributed by atoms with Gasteiger partial charge in [0.05, 0.1) is 19.3 Å². The van der Waals surface area contributed by atoms with Gasteiger partial charge in [0, 0.05) is 30.9 Å². The summed E-state index contributed by atoms with van der Waals surface area (Å²) in [6.07, 6.45) is 3.88. The first-order chi connectivity index (χ1) is 11.2. The van der Waals surface area contributed by atoms with Crippen molar-refractivity contribution in [2.75, 3.05) is 7.11 Å². The van der Waals surface area contributed by atoms with Gasteiger partial charge in [-0.25, -0.2) is 9.97 Å². The van der Waals surface area contributed by atoms with Crippen LogP contribution in [0.25, 0.3) is 0 Å². The minimum atomic E-state index is -0.814. The third kappa shape index (κ3) is 3.50. The minimum Gasteiger partial charge on any atom is -0.497 e. The fourth-order valence-corrected chi connectivity index (χ4v) is 3.15. The van der Waals surface area contributed by atoms with Crippen LogP contribution < -0.4 is 10.1 Å². The third-order valence-corrected chi connectivity index (χ3v) is 4.38. The highest BCUT2D eigenvalue weighted by atomic mass is 16.5. The average Bonchev–Trinajstić information content (AvgIpc) is 2.89. The number of hydrogen-bond acceptors (Lipinski definition) is 6. The van der Waals surface area contributed by atoms with E-state index in [-0.39, 0.29) is 12.0 Å². The highest BCUT2D eigenvalue weighted by Crippen LogP contribution is 2.34. The van der Waals surface area contributed by atoms with Crippen LogP contribution in [0.5, 0.6) is 5.75 Å². The Hall–Kier alpha value is -2.02. The van der Waals surface area contributed by atoms with E-state index >= 15 is 0 Å². The molecule has 1 saturated carbocycles. The van der Waals surface area contributed by atoms with Gasteiger partial charge in [0.25, 0.3) is 0 Å². The Morgan fingerprint density at radius 3 is 2.78 bits per heavy atom. The van der Waals surface area contributed by atoms with Crippen LogP contribution in [-0.2, 0) is 6.54 Å². The van der Waals surface area contributed by atoms with Crippen molar-refractivity contribution in [1.29, 1.82) is 0 Å². The molecule has 122 valence electrons. The molecule has 0 spiro atoms. The lowest BCUT2D eigenvalue weighted by Crippen LogP contribution is -2.41. The Morgan fingerprint density at radius 2 is 2.04 bits per heavy atom. The molecule has 0 aliphatic heterocycles. The quantitative estimate of drug-likeness (QED) is 0.758. The molecule has 1 aromatic carbocycles. The molecule has 1 fully saturated rings. The van der Waals surface area contributed by atoms with E-state index in [2.05, 4.69) is 15.3 Å². The van der Waals surface area contributed by atoms with Crippen molar-refractivity contribution >= 4 is 0 Å². The number of benzene rings is 1. The van der Waals surface area contributed by atoms with Crippen LogP contribution in [0, 0.1) is 0 Å². The van der Waals surface area contributed by atoms with Gasteiger partial charge in [-0.3, -0.25) is 0 Å². The highest BCUT2D eigenvalue weighted by Gasteiger charge is 2.42. The summed E-state index contributed by atoms with van der Waals surface area (Å²) in [7, 11) is 1.63. The van der Waals surface area contributed by atoms with E-state index in [1.165, 1.54) is 6.33 Å². The number of rotatable bonds is 5. The second-order valence-electron chi connectivity index (χ2n) is 5.83. The van der Waals surface area contributed by atoms with Crippen LogP contribution >= 0.6 is 0 Å². The lowest BCUT2D eigenvalue weighted by Gasteiger charge is -2.23. The molecule has 0 bridgehead atoms. The molecule has 4 atom stereocenters. The summed E-state index contributed by atoms with van der Waals surface area (Å²) in [5, 5.41) is 23.7.